The summed E-state index contributed by atoms with van der Waals surface area (Å²) in [7, 11) is 0. The molecule has 0 aromatic heterocycles. The van der Waals surface area contributed by atoms with Gasteiger partial charge in [0.15, 0.2) is 6.61 Å². The first-order chi connectivity index (χ1) is 7.99. The molecule has 6 heteroatoms. The van der Waals surface area contributed by atoms with Gasteiger partial charge >= 0.3 is 11.9 Å². The molecule has 6 nitrogen and oxygen atoms in total. The molecule has 0 amide bonds. The average Bonchev–Trinajstić information content (AvgIpc) is 2.26. The van der Waals surface area contributed by atoms with Crippen LogP contribution < -0.4 is 10.5 Å². The van der Waals surface area contributed by atoms with E-state index in [1.807, 2.05) is 0 Å². The van der Waals surface area contributed by atoms with Crippen molar-refractivity contribution < 1.29 is 24.5 Å². The zero-order chi connectivity index (χ0) is 12.8. The predicted molar refractivity (Wildman–Crippen MR) is 58.9 cm³/mol. The van der Waals surface area contributed by atoms with E-state index in [1.165, 1.54) is 0 Å². The number of carboxylic acid groups (broad SMARTS) is 2. The van der Waals surface area contributed by atoms with Gasteiger partial charge in [0.05, 0.1) is 0 Å². The number of benzene rings is 1. The fourth-order valence-electron chi connectivity index (χ4n) is 1.25. The standard InChI is InChI=1S/C11H13NO5/c12-9(11(15)16)5-7-2-1-3-8(4-7)17-6-10(13)14/h1-4,9H,5-6,12H2,(H,13,14)(H,15,16). The Labute approximate surface area is 97.6 Å². The molecule has 17 heavy (non-hydrogen) atoms. The largest absolute Gasteiger partial charge is 0.482 e. The molecule has 1 rings (SSSR count). The van der Waals surface area contributed by atoms with Crippen molar-refractivity contribution in [3.63, 3.8) is 0 Å². The van der Waals surface area contributed by atoms with Gasteiger partial charge in [-0.2, -0.15) is 0 Å². The van der Waals surface area contributed by atoms with E-state index in [0.29, 0.717) is 11.3 Å². The molecule has 0 saturated heterocycles. The van der Waals surface area contributed by atoms with Gasteiger partial charge in [-0.05, 0) is 24.1 Å². The first-order valence-electron chi connectivity index (χ1n) is 4.91. The number of carboxylic acids is 2. The van der Waals surface area contributed by atoms with Crippen LogP contribution in [-0.4, -0.2) is 34.8 Å². The van der Waals surface area contributed by atoms with Gasteiger partial charge in [0, 0.05) is 0 Å². The van der Waals surface area contributed by atoms with Crippen molar-refractivity contribution in [3.8, 4) is 5.75 Å². The number of rotatable bonds is 6. The van der Waals surface area contributed by atoms with Crippen LogP contribution in [0.15, 0.2) is 24.3 Å². The smallest absolute Gasteiger partial charge is 0.341 e. The number of hydrogen-bond donors (Lipinski definition) is 3. The number of aliphatic carboxylic acids is 2. The molecule has 0 radical (unpaired) electrons. The van der Waals surface area contributed by atoms with Gasteiger partial charge in [-0.25, -0.2) is 4.79 Å². The lowest BCUT2D eigenvalue weighted by atomic mass is 10.1. The fourth-order valence-corrected chi connectivity index (χ4v) is 1.25. The van der Waals surface area contributed by atoms with E-state index in [0.717, 1.165) is 0 Å². The minimum absolute atomic E-state index is 0.166. The van der Waals surface area contributed by atoms with Crippen molar-refractivity contribution in [2.45, 2.75) is 12.5 Å². The molecule has 0 fully saturated rings. The molecule has 1 aromatic carbocycles. The molecule has 0 spiro atoms. The molecule has 1 atom stereocenters. The Morgan fingerprint density at radius 2 is 2.06 bits per heavy atom. The van der Waals surface area contributed by atoms with Gasteiger partial charge in [0.25, 0.3) is 0 Å². The van der Waals surface area contributed by atoms with Crippen LogP contribution in [0.5, 0.6) is 5.75 Å². The van der Waals surface area contributed by atoms with E-state index >= 15 is 0 Å². The van der Waals surface area contributed by atoms with Gasteiger partial charge in [-0.3, -0.25) is 4.79 Å². The summed E-state index contributed by atoms with van der Waals surface area (Å²) in [5.41, 5.74) is 6.07. The third-order valence-corrected chi connectivity index (χ3v) is 2.03. The van der Waals surface area contributed by atoms with Crippen molar-refractivity contribution in [1.82, 2.24) is 0 Å². The van der Waals surface area contributed by atoms with E-state index in [2.05, 4.69) is 0 Å². The summed E-state index contributed by atoms with van der Waals surface area (Å²) in [6.45, 7) is -0.436. The highest BCUT2D eigenvalue weighted by Crippen LogP contribution is 2.14. The monoisotopic (exact) mass is 239 g/mol. The van der Waals surface area contributed by atoms with E-state index in [4.69, 9.17) is 20.7 Å². The summed E-state index contributed by atoms with van der Waals surface area (Å²) in [6, 6.07) is 5.55. The van der Waals surface area contributed by atoms with Gasteiger partial charge in [-0.15, -0.1) is 0 Å². The van der Waals surface area contributed by atoms with Crippen LogP contribution in [0.1, 0.15) is 5.56 Å². The van der Waals surface area contributed by atoms with Gasteiger partial charge in [-0.1, -0.05) is 12.1 Å². The van der Waals surface area contributed by atoms with Crippen LogP contribution in [0.4, 0.5) is 0 Å². The van der Waals surface area contributed by atoms with E-state index in [-0.39, 0.29) is 6.42 Å². The van der Waals surface area contributed by atoms with Crippen LogP contribution in [0, 0.1) is 0 Å². The van der Waals surface area contributed by atoms with Crippen LogP contribution >= 0.6 is 0 Å². The third-order valence-electron chi connectivity index (χ3n) is 2.03. The number of nitrogens with two attached hydrogens (primary N) is 1. The van der Waals surface area contributed by atoms with Crippen LogP contribution in [-0.2, 0) is 16.0 Å². The minimum Gasteiger partial charge on any atom is -0.482 e. The predicted octanol–water partition coefficient (Wildman–Crippen LogP) is 0.104. The summed E-state index contributed by atoms with van der Waals surface area (Å²) in [4.78, 5) is 20.9. The summed E-state index contributed by atoms with van der Waals surface area (Å²) >= 11 is 0. The highest BCUT2D eigenvalue weighted by atomic mass is 16.5. The quantitative estimate of drug-likeness (QED) is 0.649. The molecule has 0 heterocycles. The first kappa shape index (κ1) is 13.0. The molecule has 0 aliphatic rings. The SMILES string of the molecule is NC(Cc1cccc(OCC(=O)O)c1)C(=O)O. The van der Waals surface area contributed by atoms with Crippen molar-refractivity contribution in [3.05, 3.63) is 29.8 Å². The first-order valence-corrected chi connectivity index (χ1v) is 4.91. The highest BCUT2D eigenvalue weighted by Gasteiger charge is 2.12. The lowest BCUT2D eigenvalue weighted by molar-refractivity contribution is -0.139. The second-order valence-corrected chi connectivity index (χ2v) is 3.48. The van der Waals surface area contributed by atoms with Crippen LogP contribution in [0.2, 0.25) is 0 Å². The van der Waals surface area contributed by atoms with Crippen molar-refractivity contribution in [2.24, 2.45) is 5.73 Å². The van der Waals surface area contributed by atoms with E-state index in [1.54, 1.807) is 24.3 Å². The Hall–Kier alpha value is -2.08. The van der Waals surface area contributed by atoms with Crippen molar-refractivity contribution >= 4 is 11.9 Å². The normalized spacial score (nSPS) is 11.8. The lowest BCUT2D eigenvalue weighted by Gasteiger charge is -2.08. The maximum absolute atomic E-state index is 10.6. The Balaban J connectivity index is 2.65. The summed E-state index contributed by atoms with van der Waals surface area (Å²) in [5.74, 6) is -1.78. The molecule has 0 bridgehead atoms. The number of hydrogen-bond acceptors (Lipinski definition) is 4. The third kappa shape index (κ3) is 4.52. The second kappa shape index (κ2) is 5.86. The zero-order valence-electron chi connectivity index (χ0n) is 9.00. The Kier molecular flexibility index (Phi) is 4.47. The molecular weight excluding hydrogens is 226 g/mol. The van der Waals surface area contributed by atoms with E-state index < -0.39 is 24.6 Å². The zero-order valence-corrected chi connectivity index (χ0v) is 9.00. The molecule has 4 N–H and O–H groups in total. The molecule has 92 valence electrons. The lowest BCUT2D eigenvalue weighted by Crippen LogP contribution is -2.32. The Morgan fingerprint density at radius 3 is 2.65 bits per heavy atom. The maximum Gasteiger partial charge on any atom is 0.341 e. The molecule has 1 unspecified atom stereocenters. The highest BCUT2D eigenvalue weighted by molar-refractivity contribution is 5.73. The molecular formula is C11H13NO5. The number of carbonyl (C=O) groups is 2. The van der Waals surface area contributed by atoms with Gasteiger partial charge in [0.2, 0.25) is 0 Å². The van der Waals surface area contributed by atoms with Crippen LogP contribution in [0.3, 0.4) is 0 Å². The summed E-state index contributed by atoms with van der Waals surface area (Å²) in [6.07, 6.45) is 0.166. The van der Waals surface area contributed by atoms with Crippen molar-refractivity contribution in [2.75, 3.05) is 6.61 Å². The Bertz CT molecular complexity index is 418. The van der Waals surface area contributed by atoms with Crippen molar-refractivity contribution in [1.29, 1.82) is 0 Å². The topological polar surface area (TPSA) is 110 Å². The summed E-state index contributed by atoms with van der Waals surface area (Å²) in [5, 5.41) is 17.1. The van der Waals surface area contributed by atoms with Gasteiger partial charge in [0.1, 0.15) is 11.8 Å². The molecule has 1 aromatic rings. The second-order valence-electron chi connectivity index (χ2n) is 3.48. The molecule has 0 saturated carbocycles. The average molecular weight is 239 g/mol. The maximum atomic E-state index is 10.6. The molecule has 0 aliphatic heterocycles. The fraction of sp³-hybridized carbons (Fsp3) is 0.273. The minimum atomic E-state index is -1.08. The Morgan fingerprint density at radius 1 is 1.35 bits per heavy atom. The van der Waals surface area contributed by atoms with Gasteiger partial charge < -0.3 is 20.7 Å². The number of ether oxygens (including phenoxy) is 1. The van der Waals surface area contributed by atoms with Crippen LogP contribution in [0.25, 0.3) is 0 Å². The summed E-state index contributed by atoms with van der Waals surface area (Å²) < 4.78 is 4.96. The van der Waals surface area contributed by atoms with E-state index in [9.17, 15) is 9.59 Å². The molecule has 0 aliphatic carbocycles.